The fraction of sp³-hybridized carbons (Fsp3) is 0.357. The van der Waals surface area contributed by atoms with Gasteiger partial charge in [-0.2, -0.15) is 0 Å². The Morgan fingerprint density at radius 1 is 1.07 bits per heavy atom. The first-order valence-electron chi connectivity index (χ1n) is 12.8. The molecule has 0 unspecified atom stereocenters. The van der Waals surface area contributed by atoms with Gasteiger partial charge in [0.15, 0.2) is 0 Å². The third kappa shape index (κ3) is 9.66. The summed E-state index contributed by atoms with van der Waals surface area (Å²) < 4.78 is 10.9. The number of thiophene rings is 1. The number of amides is 2. The van der Waals surface area contributed by atoms with Crippen molar-refractivity contribution in [3.8, 4) is 5.75 Å². The minimum Gasteiger partial charge on any atom is -0.489 e. The smallest absolute Gasteiger partial charge is 0.267 e. The SMILES string of the molecule is CCCC(=N)CCN(C)Cc1csc(C(=O)Nc2c(OCCOC)cc(Cl)cc2C(=O)Nc2ccc(Cl)cn2)c1Cl. The van der Waals surface area contributed by atoms with Gasteiger partial charge in [0.1, 0.15) is 23.1 Å². The molecule has 1 aromatic carbocycles. The van der Waals surface area contributed by atoms with Gasteiger partial charge in [-0.1, -0.05) is 48.1 Å². The quantitative estimate of drug-likeness (QED) is 0.119. The predicted octanol–water partition coefficient (Wildman–Crippen LogP) is 7.27. The summed E-state index contributed by atoms with van der Waals surface area (Å²) in [5.41, 5.74) is 1.71. The van der Waals surface area contributed by atoms with Gasteiger partial charge >= 0.3 is 0 Å². The number of carbonyl (C=O) groups excluding carboxylic acids is 2. The molecule has 0 aliphatic heterocycles. The van der Waals surface area contributed by atoms with Crippen LogP contribution < -0.4 is 15.4 Å². The molecule has 2 heterocycles. The van der Waals surface area contributed by atoms with Crippen LogP contribution in [0.3, 0.4) is 0 Å². The van der Waals surface area contributed by atoms with Crippen LogP contribution in [-0.4, -0.2) is 61.3 Å². The van der Waals surface area contributed by atoms with Crippen LogP contribution in [0.1, 0.15) is 51.8 Å². The van der Waals surface area contributed by atoms with E-state index in [0.29, 0.717) is 35.3 Å². The van der Waals surface area contributed by atoms with E-state index >= 15 is 0 Å². The van der Waals surface area contributed by atoms with Crippen molar-refractivity contribution in [3.63, 3.8) is 0 Å². The molecule has 0 spiro atoms. The number of hydrogen-bond acceptors (Lipinski definition) is 8. The highest BCUT2D eigenvalue weighted by atomic mass is 35.5. The molecular formula is C28H32Cl3N5O4S. The van der Waals surface area contributed by atoms with Gasteiger partial charge in [0, 0.05) is 43.2 Å². The van der Waals surface area contributed by atoms with Gasteiger partial charge in [0.2, 0.25) is 0 Å². The number of benzene rings is 1. The standard InChI is InChI=1S/C28H32Cl3N5O4S/c1-4-5-20(32)8-9-36(2)15-17-16-41-26(24(17)31)28(38)35-25-21(12-19(30)13-22(25)40-11-10-39-3)27(37)34-23-7-6-18(29)14-33-23/h6-7,12-14,16,32H,4-5,8-11,15H2,1-3H3,(H,35,38)(H,33,34,37). The molecule has 0 saturated heterocycles. The van der Waals surface area contributed by atoms with Gasteiger partial charge < -0.3 is 30.4 Å². The first-order chi connectivity index (χ1) is 19.6. The second kappa shape index (κ2) is 16.1. The van der Waals surface area contributed by atoms with Crippen molar-refractivity contribution in [1.82, 2.24) is 9.88 Å². The van der Waals surface area contributed by atoms with Gasteiger partial charge in [-0.15, -0.1) is 11.3 Å². The molecule has 0 aliphatic carbocycles. The van der Waals surface area contributed by atoms with E-state index in [2.05, 4.69) is 27.4 Å². The first-order valence-corrected chi connectivity index (χ1v) is 14.8. The fourth-order valence-corrected chi connectivity index (χ4v) is 5.37. The molecule has 13 heteroatoms. The Kier molecular flexibility index (Phi) is 12.8. The Balaban J connectivity index is 1.84. The number of nitrogens with zero attached hydrogens (tertiary/aromatic N) is 2. The maximum Gasteiger partial charge on any atom is 0.267 e. The van der Waals surface area contributed by atoms with Crippen molar-refractivity contribution in [3.05, 3.63) is 66.9 Å². The van der Waals surface area contributed by atoms with Crippen molar-refractivity contribution in [2.75, 3.05) is 44.5 Å². The maximum atomic E-state index is 13.5. The monoisotopic (exact) mass is 639 g/mol. The zero-order valence-corrected chi connectivity index (χ0v) is 26.1. The van der Waals surface area contributed by atoms with Crippen molar-refractivity contribution >= 4 is 75.2 Å². The van der Waals surface area contributed by atoms with Crippen LogP contribution in [0.4, 0.5) is 11.5 Å². The zero-order chi connectivity index (χ0) is 29.9. The van der Waals surface area contributed by atoms with Crippen LogP contribution in [0, 0.1) is 5.41 Å². The van der Waals surface area contributed by atoms with E-state index in [0.717, 1.165) is 18.4 Å². The number of anilines is 2. The minimum absolute atomic E-state index is 0.0668. The zero-order valence-electron chi connectivity index (χ0n) is 23.0. The van der Waals surface area contributed by atoms with Gasteiger partial charge in [-0.3, -0.25) is 9.59 Å². The van der Waals surface area contributed by atoms with E-state index in [1.165, 1.54) is 36.8 Å². The number of rotatable bonds is 15. The van der Waals surface area contributed by atoms with Crippen molar-refractivity contribution < 1.29 is 19.1 Å². The van der Waals surface area contributed by atoms with Gasteiger partial charge in [-0.05, 0) is 49.0 Å². The molecule has 0 bridgehead atoms. The lowest BCUT2D eigenvalue weighted by atomic mass is 10.1. The topological polar surface area (TPSA) is 117 Å². The fourth-order valence-electron chi connectivity index (χ4n) is 3.80. The summed E-state index contributed by atoms with van der Waals surface area (Å²) in [5, 5.41) is 16.3. The largest absolute Gasteiger partial charge is 0.489 e. The number of halogens is 3. The third-order valence-corrected chi connectivity index (χ3v) is 7.87. The molecule has 0 fully saturated rings. The summed E-state index contributed by atoms with van der Waals surface area (Å²) in [4.78, 5) is 33.2. The Morgan fingerprint density at radius 3 is 2.54 bits per heavy atom. The number of hydrogen-bond donors (Lipinski definition) is 3. The molecule has 0 saturated carbocycles. The second-order valence-corrected chi connectivity index (χ2v) is 11.3. The molecule has 41 heavy (non-hydrogen) atoms. The molecule has 3 N–H and O–H groups in total. The van der Waals surface area contributed by atoms with Crippen LogP contribution in [0.5, 0.6) is 5.75 Å². The lowest BCUT2D eigenvalue weighted by molar-refractivity contribution is 0.102. The van der Waals surface area contributed by atoms with Crippen LogP contribution in [0.15, 0.2) is 35.8 Å². The normalized spacial score (nSPS) is 11.0. The van der Waals surface area contributed by atoms with Crippen molar-refractivity contribution in [1.29, 1.82) is 5.41 Å². The number of pyridine rings is 1. The van der Waals surface area contributed by atoms with E-state index in [-0.39, 0.29) is 45.9 Å². The van der Waals surface area contributed by atoms with Crippen molar-refractivity contribution in [2.24, 2.45) is 0 Å². The highest BCUT2D eigenvalue weighted by molar-refractivity contribution is 7.13. The molecule has 0 radical (unpaired) electrons. The van der Waals surface area contributed by atoms with Crippen LogP contribution >= 0.6 is 46.1 Å². The molecule has 9 nitrogen and oxygen atoms in total. The van der Waals surface area contributed by atoms with E-state index in [9.17, 15) is 9.59 Å². The van der Waals surface area contributed by atoms with E-state index < -0.39 is 11.8 Å². The molecular weight excluding hydrogens is 609 g/mol. The molecule has 0 aliphatic rings. The summed E-state index contributed by atoms with van der Waals surface area (Å²) in [6, 6.07) is 6.08. The number of carbonyl (C=O) groups is 2. The van der Waals surface area contributed by atoms with Crippen LogP contribution in [0.2, 0.25) is 15.1 Å². The lowest BCUT2D eigenvalue weighted by Gasteiger charge is -2.17. The molecule has 3 aromatic rings. The Bertz CT molecular complexity index is 1370. The number of aromatic nitrogens is 1. The average Bonchev–Trinajstić information content (AvgIpc) is 3.29. The summed E-state index contributed by atoms with van der Waals surface area (Å²) in [7, 11) is 3.48. The number of nitrogens with one attached hydrogen (secondary N) is 3. The molecule has 2 aromatic heterocycles. The summed E-state index contributed by atoms with van der Waals surface area (Å²) >= 11 is 20.1. The Hall–Kier alpha value is -2.73. The van der Waals surface area contributed by atoms with E-state index in [1.54, 1.807) is 12.1 Å². The van der Waals surface area contributed by atoms with E-state index in [1.807, 2.05) is 12.4 Å². The Labute approximate surface area is 258 Å². The minimum atomic E-state index is -0.567. The summed E-state index contributed by atoms with van der Waals surface area (Å²) in [5.74, 6) is -0.615. The number of methoxy groups -OCH3 is 1. The first kappa shape index (κ1) is 32.8. The van der Waals surface area contributed by atoms with Crippen molar-refractivity contribution in [2.45, 2.75) is 32.7 Å². The van der Waals surface area contributed by atoms with Crippen LogP contribution in [0.25, 0.3) is 0 Å². The van der Waals surface area contributed by atoms with Gasteiger partial charge in [0.05, 0.1) is 27.9 Å². The summed E-state index contributed by atoms with van der Waals surface area (Å²) in [6.45, 7) is 3.73. The maximum absolute atomic E-state index is 13.5. The Morgan fingerprint density at radius 2 is 1.85 bits per heavy atom. The summed E-state index contributed by atoms with van der Waals surface area (Å²) in [6.07, 6.45) is 3.82. The molecule has 0 atom stereocenters. The second-order valence-electron chi connectivity index (χ2n) is 9.18. The highest BCUT2D eigenvalue weighted by Crippen LogP contribution is 2.36. The molecule has 220 valence electrons. The average molecular weight is 641 g/mol. The van der Waals surface area contributed by atoms with Gasteiger partial charge in [-0.25, -0.2) is 4.98 Å². The van der Waals surface area contributed by atoms with Crippen LogP contribution in [-0.2, 0) is 11.3 Å². The van der Waals surface area contributed by atoms with E-state index in [4.69, 9.17) is 49.7 Å². The predicted molar refractivity (Wildman–Crippen MR) is 167 cm³/mol. The highest BCUT2D eigenvalue weighted by Gasteiger charge is 2.24. The molecule has 2 amide bonds. The molecule has 3 rings (SSSR count). The lowest BCUT2D eigenvalue weighted by Crippen LogP contribution is -2.21. The third-order valence-electron chi connectivity index (χ3n) is 5.86. The van der Waals surface area contributed by atoms with Gasteiger partial charge in [0.25, 0.3) is 11.8 Å². The number of ether oxygens (including phenoxy) is 2.